The van der Waals surface area contributed by atoms with Gasteiger partial charge >= 0.3 is 61.6 Å². The third kappa shape index (κ3) is 26.7. The van der Waals surface area contributed by atoms with E-state index in [1.54, 1.807) is 0 Å². The number of hydrogen-bond donors (Lipinski definition) is 5. The van der Waals surface area contributed by atoms with Gasteiger partial charge in [-0.1, -0.05) is 13.3 Å². The maximum atomic E-state index is 8.71. The molecule has 0 heterocycles. The Balaban J connectivity index is 0. The van der Waals surface area contributed by atoms with Gasteiger partial charge in [-0.15, -0.1) is 0 Å². The minimum atomic E-state index is -3.36. The molecule has 0 aliphatic rings. The predicted octanol–water partition coefficient (Wildman–Crippen LogP) is 2.21. The van der Waals surface area contributed by atoms with Crippen molar-refractivity contribution in [3.8, 4) is 0 Å². The van der Waals surface area contributed by atoms with E-state index in [1.807, 2.05) is 13.8 Å². The van der Waals surface area contributed by atoms with E-state index in [1.165, 1.54) is 0 Å². The Morgan fingerprint density at radius 1 is 1.18 bits per heavy atom. The van der Waals surface area contributed by atoms with Crippen molar-refractivity contribution >= 4 is 37.7 Å². The fourth-order valence-electron chi connectivity index (χ4n) is 0.742. The molecule has 9 heteroatoms. The van der Waals surface area contributed by atoms with E-state index >= 15 is 0 Å². The Hall–Kier alpha value is 1.23. The molecule has 0 rings (SSSR count). The molecular formula is C8H24O5P2S2. The van der Waals surface area contributed by atoms with Crippen LogP contribution in [0.5, 0.6) is 0 Å². The van der Waals surface area contributed by atoms with E-state index in [0.29, 0.717) is 12.8 Å². The molecule has 5 nitrogen and oxygen atoms in total. The topological polar surface area (TPSA) is 90.2 Å². The molecule has 17 heavy (non-hydrogen) atoms. The fourth-order valence-corrected chi connectivity index (χ4v) is 2.63. The van der Waals surface area contributed by atoms with E-state index in [9.17, 15) is 0 Å². The maximum absolute atomic E-state index is 8.71. The molecule has 0 aliphatic heterocycles. The monoisotopic (exact) mass is 326 g/mol. The average Bonchev–Trinajstić information content (AvgIpc) is 2.13. The van der Waals surface area contributed by atoms with Gasteiger partial charge in [0.25, 0.3) is 0 Å². The van der Waals surface area contributed by atoms with Crippen molar-refractivity contribution in [1.29, 1.82) is 0 Å². The first-order chi connectivity index (χ1) is 7.62. The Labute approximate surface area is 114 Å². The first kappa shape index (κ1) is 20.5. The summed E-state index contributed by atoms with van der Waals surface area (Å²) in [6.07, 6.45) is 4.13. The molecule has 4 N–H and O–H groups in total. The number of rotatable bonds is 7. The van der Waals surface area contributed by atoms with Gasteiger partial charge in [0.15, 0.2) is 0 Å². The molecule has 0 amide bonds. The zero-order chi connectivity index (χ0) is 13.9. The van der Waals surface area contributed by atoms with Gasteiger partial charge in [0.1, 0.15) is 0 Å². The minimum absolute atomic E-state index is 0.348. The van der Waals surface area contributed by atoms with Crippen molar-refractivity contribution in [2.75, 3.05) is 12.8 Å². The summed E-state index contributed by atoms with van der Waals surface area (Å²) in [5, 5.41) is 0. The Kier molecular flexibility index (Phi) is 13.4. The van der Waals surface area contributed by atoms with E-state index < -0.39 is 13.6 Å². The summed E-state index contributed by atoms with van der Waals surface area (Å²) in [4.78, 5) is 34.4. The van der Waals surface area contributed by atoms with E-state index in [2.05, 4.69) is 28.6 Å². The summed E-state index contributed by atoms with van der Waals surface area (Å²) in [5.41, 5.74) is 0. The van der Waals surface area contributed by atoms with Crippen LogP contribution in [0.2, 0.25) is 0 Å². The molecule has 0 atom stereocenters. The SMILES string of the molecule is CCCCOP(O)(O)=S.CCCC[PH](O)(O)S. The van der Waals surface area contributed by atoms with Gasteiger partial charge in [-0.25, -0.2) is 0 Å². The Bertz CT molecular complexity index is 216. The molecule has 0 fully saturated rings. The van der Waals surface area contributed by atoms with Crippen LogP contribution >= 0.6 is 25.9 Å². The van der Waals surface area contributed by atoms with Crippen molar-refractivity contribution in [3.05, 3.63) is 0 Å². The molecule has 0 spiro atoms. The Morgan fingerprint density at radius 3 is 1.88 bits per heavy atom. The van der Waals surface area contributed by atoms with Crippen LogP contribution in [0.3, 0.4) is 0 Å². The molecule has 0 bridgehead atoms. The molecule has 0 unspecified atom stereocenters. The Morgan fingerprint density at radius 2 is 1.65 bits per heavy atom. The predicted molar refractivity (Wildman–Crippen MR) is 81.1 cm³/mol. The van der Waals surface area contributed by atoms with Crippen LogP contribution in [0.4, 0.5) is 0 Å². The summed E-state index contributed by atoms with van der Waals surface area (Å²) in [7, 11) is 0. The van der Waals surface area contributed by atoms with Crippen LogP contribution in [-0.4, -0.2) is 32.3 Å². The first-order valence-corrected chi connectivity index (χ1v) is 11.5. The van der Waals surface area contributed by atoms with Crippen molar-refractivity contribution in [1.82, 2.24) is 0 Å². The summed E-state index contributed by atoms with van der Waals surface area (Å²) in [6, 6.07) is 0. The second-order valence-corrected chi connectivity index (χ2v) is 10.4. The van der Waals surface area contributed by atoms with E-state index in [4.69, 9.17) is 19.6 Å². The van der Waals surface area contributed by atoms with Gasteiger partial charge < -0.3 is 14.3 Å². The van der Waals surface area contributed by atoms with Crippen molar-refractivity contribution in [2.24, 2.45) is 0 Å². The summed E-state index contributed by atoms with van der Waals surface area (Å²) in [6.45, 7) is -2.00. The first-order valence-electron chi connectivity index (χ1n) is 5.49. The van der Waals surface area contributed by atoms with Crippen molar-refractivity contribution in [2.45, 2.75) is 39.5 Å². The van der Waals surface area contributed by atoms with E-state index in [0.717, 1.165) is 25.7 Å². The number of unbranched alkanes of at least 4 members (excludes halogenated alkanes) is 2. The third-order valence-corrected chi connectivity index (χ3v) is 4.15. The molecule has 0 radical (unpaired) electrons. The quantitative estimate of drug-likeness (QED) is 0.280. The van der Waals surface area contributed by atoms with Gasteiger partial charge in [-0.05, 0) is 18.2 Å². The molecule has 0 aliphatic carbocycles. The third-order valence-electron chi connectivity index (χ3n) is 1.62. The molecule has 0 aromatic carbocycles. The second kappa shape index (κ2) is 11.1. The fraction of sp³-hybridized carbons (Fsp3) is 1.00. The van der Waals surface area contributed by atoms with Crippen molar-refractivity contribution in [3.63, 3.8) is 0 Å². The van der Waals surface area contributed by atoms with Gasteiger partial charge in [0.2, 0.25) is 0 Å². The van der Waals surface area contributed by atoms with Gasteiger partial charge in [0, 0.05) is 0 Å². The summed E-state index contributed by atoms with van der Waals surface area (Å²) >= 11 is 7.84. The van der Waals surface area contributed by atoms with Gasteiger partial charge in [-0.3, -0.25) is 0 Å². The molecule has 0 aromatic heterocycles. The zero-order valence-corrected chi connectivity index (χ0v) is 13.8. The van der Waals surface area contributed by atoms with Gasteiger partial charge in [-0.2, -0.15) is 0 Å². The zero-order valence-electron chi connectivity index (χ0n) is 10.2. The molecule has 0 aromatic rings. The molecule has 0 saturated heterocycles. The molecule has 108 valence electrons. The van der Waals surface area contributed by atoms with Crippen LogP contribution in [0, 0.1) is 0 Å². The van der Waals surface area contributed by atoms with E-state index in [-0.39, 0.29) is 0 Å². The number of thiol groups is 1. The summed E-state index contributed by atoms with van der Waals surface area (Å²) in [5.74, 6) is 0. The van der Waals surface area contributed by atoms with Crippen LogP contribution in [-0.2, 0) is 16.3 Å². The number of hydrogen-bond acceptors (Lipinski definition) is 5. The molecular weight excluding hydrogens is 302 g/mol. The van der Waals surface area contributed by atoms with Gasteiger partial charge in [0.05, 0.1) is 6.61 Å². The normalized spacial score (nSPS) is 12.9. The van der Waals surface area contributed by atoms with Crippen LogP contribution in [0.15, 0.2) is 0 Å². The standard InChI is InChI=1S/C4H11O3PS.C4H13O2PS/c1-2-3-4-7-8(5,6)9;1-2-3-4-7(5,6)8/h2-4H2,1H3,(H2,5,6,9);5-8H,2-4H2,1H3. The van der Waals surface area contributed by atoms with Crippen LogP contribution in [0.1, 0.15) is 39.5 Å². The van der Waals surface area contributed by atoms with Crippen molar-refractivity contribution < 1.29 is 24.1 Å². The summed E-state index contributed by atoms with van der Waals surface area (Å²) < 4.78 is 4.51. The molecule has 0 saturated carbocycles. The van der Waals surface area contributed by atoms with Crippen LogP contribution < -0.4 is 0 Å². The average molecular weight is 326 g/mol. The van der Waals surface area contributed by atoms with Crippen LogP contribution in [0.25, 0.3) is 0 Å². The second-order valence-electron chi connectivity index (χ2n) is 3.56.